The standard InChI is InChI=1S/C16H14ClNO2/c1-11-7-9-13(10-8-11)16(20)18-15(17)14(19)12-5-3-2-4-6-12/h2-10,15H,1H3,(H,18,20)/t15-/m1/s1. The van der Waals surface area contributed by atoms with Gasteiger partial charge in [0.15, 0.2) is 11.3 Å². The van der Waals surface area contributed by atoms with E-state index < -0.39 is 5.50 Å². The third kappa shape index (κ3) is 3.45. The predicted octanol–water partition coefficient (Wildman–Crippen LogP) is 3.17. The molecule has 2 rings (SSSR count). The van der Waals surface area contributed by atoms with E-state index in [1.54, 1.807) is 36.4 Å². The molecular weight excluding hydrogens is 274 g/mol. The maximum atomic E-state index is 12.0. The molecule has 0 spiro atoms. The monoisotopic (exact) mass is 287 g/mol. The first-order valence-electron chi connectivity index (χ1n) is 6.19. The van der Waals surface area contributed by atoms with E-state index in [0.29, 0.717) is 11.1 Å². The van der Waals surface area contributed by atoms with E-state index in [1.165, 1.54) is 0 Å². The normalized spacial score (nSPS) is 11.7. The van der Waals surface area contributed by atoms with Crippen molar-refractivity contribution >= 4 is 23.3 Å². The average Bonchev–Trinajstić information content (AvgIpc) is 2.48. The Morgan fingerprint density at radius 3 is 2.15 bits per heavy atom. The lowest BCUT2D eigenvalue weighted by Gasteiger charge is -2.11. The van der Waals surface area contributed by atoms with Gasteiger partial charge in [-0.15, -0.1) is 0 Å². The van der Waals surface area contributed by atoms with Crippen molar-refractivity contribution in [1.29, 1.82) is 0 Å². The quantitative estimate of drug-likeness (QED) is 0.533. The minimum Gasteiger partial charge on any atom is -0.329 e. The summed E-state index contributed by atoms with van der Waals surface area (Å²) in [6.07, 6.45) is 0. The summed E-state index contributed by atoms with van der Waals surface area (Å²) in [7, 11) is 0. The fourth-order valence-electron chi connectivity index (χ4n) is 1.72. The van der Waals surface area contributed by atoms with Gasteiger partial charge in [0.1, 0.15) is 0 Å². The van der Waals surface area contributed by atoms with Crippen molar-refractivity contribution in [3.8, 4) is 0 Å². The zero-order valence-electron chi connectivity index (χ0n) is 11.0. The van der Waals surface area contributed by atoms with Crippen molar-refractivity contribution in [2.45, 2.75) is 12.4 Å². The number of hydrogen-bond donors (Lipinski definition) is 1. The van der Waals surface area contributed by atoms with Gasteiger partial charge in [0.25, 0.3) is 5.91 Å². The summed E-state index contributed by atoms with van der Waals surface area (Å²) in [4.78, 5) is 24.0. The summed E-state index contributed by atoms with van der Waals surface area (Å²) in [6.45, 7) is 1.94. The van der Waals surface area contributed by atoms with E-state index in [9.17, 15) is 9.59 Å². The van der Waals surface area contributed by atoms with E-state index in [4.69, 9.17) is 11.6 Å². The summed E-state index contributed by atoms with van der Waals surface area (Å²) in [5, 5.41) is 2.49. The molecular formula is C16H14ClNO2. The number of nitrogens with one attached hydrogen (secondary N) is 1. The number of benzene rings is 2. The number of rotatable bonds is 4. The summed E-state index contributed by atoms with van der Waals surface area (Å²) < 4.78 is 0. The van der Waals surface area contributed by atoms with Crippen LogP contribution in [-0.2, 0) is 0 Å². The molecule has 20 heavy (non-hydrogen) atoms. The first-order valence-corrected chi connectivity index (χ1v) is 6.62. The Labute approximate surface area is 122 Å². The van der Waals surface area contributed by atoms with Gasteiger partial charge in [-0.25, -0.2) is 0 Å². The van der Waals surface area contributed by atoms with Crippen molar-refractivity contribution in [2.24, 2.45) is 0 Å². The Hall–Kier alpha value is -2.13. The topological polar surface area (TPSA) is 46.2 Å². The Balaban J connectivity index is 2.04. The van der Waals surface area contributed by atoms with Crippen molar-refractivity contribution in [3.05, 3.63) is 71.3 Å². The van der Waals surface area contributed by atoms with Crippen molar-refractivity contribution < 1.29 is 9.59 Å². The van der Waals surface area contributed by atoms with E-state index in [2.05, 4.69) is 5.32 Å². The molecule has 0 aliphatic rings. The number of carbonyl (C=O) groups excluding carboxylic acids is 2. The minimum absolute atomic E-state index is 0.326. The molecule has 1 amide bonds. The number of hydrogen-bond acceptors (Lipinski definition) is 2. The van der Waals surface area contributed by atoms with Crippen molar-refractivity contribution in [3.63, 3.8) is 0 Å². The van der Waals surface area contributed by atoms with Crippen LogP contribution in [0.4, 0.5) is 0 Å². The van der Waals surface area contributed by atoms with Gasteiger partial charge in [-0.3, -0.25) is 9.59 Å². The molecule has 0 saturated carbocycles. The highest BCUT2D eigenvalue weighted by Gasteiger charge is 2.19. The first-order chi connectivity index (χ1) is 9.58. The molecule has 0 aliphatic carbocycles. The third-order valence-corrected chi connectivity index (χ3v) is 3.17. The van der Waals surface area contributed by atoms with Gasteiger partial charge >= 0.3 is 0 Å². The Morgan fingerprint density at radius 1 is 0.950 bits per heavy atom. The van der Waals surface area contributed by atoms with Crippen LogP contribution in [0.25, 0.3) is 0 Å². The van der Waals surface area contributed by atoms with Crippen LogP contribution in [0.5, 0.6) is 0 Å². The summed E-state index contributed by atoms with van der Waals surface area (Å²) in [5.41, 5.74) is 0.925. The maximum absolute atomic E-state index is 12.0. The van der Waals surface area contributed by atoms with Gasteiger partial charge < -0.3 is 5.32 Å². The molecule has 0 saturated heterocycles. The van der Waals surface area contributed by atoms with Gasteiger partial charge in [0, 0.05) is 11.1 Å². The molecule has 102 valence electrons. The van der Waals surface area contributed by atoms with Crippen LogP contribution in [0.3, 0.4) is 0 Å². The van der Waals surface area contributed by atoms with Crippen LogP contribution in [-0.4, -0.2) is 17.2 Å². The lowest BCUT2D eigenvalue weighted by atomic mass is 10.1. The lowest BCUT2D eigenvalue weighted by molar-refractivity contribution is 0.0889. The van der Waals surface area contributed by atoms with Crippen molar-refractivity contribution in [2.75, 3.05) is 0 Å². The molecule has 0 heterocycles. The Bertz CT molecular complexity index is 608. The fraction of sp³-hybridized carbons (Fsp3) is 0.125. The Morgan fingerprint density at radius 2 is 1.55 bits per heavy atom. The van der Waals surface area contributed by atoms with Crippen LogP contribution < -0.4 is 5.32 Å². The number of amides is 1. The summed E-state index contributed by atoms with van der Waals surface area (Å²) in [6, 6.07) is 15.7. The number of aryl methyl sites for hydroxylation is 1. The summed E-state index contributed by atoms with van der Waals surface area (Å²) in [5.74, 6) is -0.693. The average molecular weight is 288 g/mol. The number of halogens is 1. The SMILES string of the molecule is Cc1ccc(C(=O)N[C@@H](Cl)C(=O)c2ccccc2)cc1. The smallest absolute Gasteiger partial charge is 0.252 e. The first kappa shape index (κ1) is 14.3. The molecule has 0 aromatic heterocycles. The van der Waals surface area contributed by atoms with Gasteiger partial charge in [0.05, 0.1) is 0 Å². The second-order valence-electron chi connectivity index (χ2n) is 4.43. The molecule has 1 atom stereocenters. The van der Waals surface area contributed by atoms with Crippen LogP contribution in [0.1, 0.15) is 26.3 Å². The predicted molar refractivity (Wildman–Crippen MR) is 79.1 cm³/mol. The zero-order chi connectivity index (χ0) is 14.5. The van der Waals surface area contributed by atoms with Crippen molar-refractivity contribution in [1.82, 2.24) is 5.32 Å². The fourth-order valence-corrected chi connectivity index (χ4v) is 1.94. The molecule has 3 nitrogen and oxygen atoms in total. The van der Waals surface area contributed by atoms with Gasteiger partial charge in [-0.1, -0.05) is 59.6 Å². The third-order valence-electron chi connectivity index (χ3n) is 2.86. The second kappa shape index (κ2) is 6.35. The van der Waals surface area contributed by atoms with Gasteiger partial charge in [-0.2, -0.15) is 0 Å². The van der Waals surface area contributed by atoms with E-state index >= 15 is 0 Å². The minimum atomic E-state index is -1.08. The number of ketones is 1. The van der Waals surface area contributed by atoms with Crippen LogP contribution in [0, 0.1) is 6.92 Å². The molecule has 0 bridgehead atoms. The van der Waals surface area contributed by atoms with E-state index in [0.717, 1.165) is 5.56 Å². The highest BCUT2D eigenvalue weighted by molar-refractivity contribution is 6.34. The molecule has 0 radical (unpaired) electrons. The summed E-state index contributed by atoms with van der Waals surface area (Å²) >= 11 is 5.96. The van der Waals surface area contributed by atoms with Gasteiger partial charge in [-0.05, 0) is 19.1 Å². The van der Waals surface area contributed by atoms with E-state index in [1.807, 2.05) is 25.1 Å². The van der Waals surface area contributed by atoms with Crippen LogP contribution >= 0.6 is 11.6 Å². The molecule has 0 aliphatic heterocycles. The zero-order valence-corrected chi connectivity index (χ0v) is 11.7. The highest BCUT2D eigenvalue weighted by atomic mass is 35.5. The molecule has 2 aromatic carbocycles. The van der Waals surface area contributed by atoms with E-state index in [-0.39, 0.29) is 11.7 Å². The molecule has 1 N–H and O–H groups in total. The largest absolute Gasteiger partial charge is 0.329 e. The number of Topliss-reactive ketones (excluding diaryl/α,β-unsaturated/α-hetero) is 1. The molecule has 0 fully saturated rings. The van der Waals surface area contributed by atoms with Gasteiger partial charge in [0.2, 0.25) is 0 Å². The highest BCUT2D eigenvalue weighted by Crippen LogP contribution is 2.08. The van der Waals surface area contributed by atoms with Crippen LogP contribution in [0.2, 0.25) is 0 Å². The van der Waals surface area contributed by atoms with Crippen LogP contribution in [0.15, 0.2) is 54.6 Å². The molecule has 2 aromatic rings. The maximum Gasteiger partial charge on any atom is 0.252 e. The second-order valence-corrected chi connectivity index (χ2v) is 4.87. The lowest BCUT2D eigenvalue weighted by Crippen LogP contribution is -2.36. The molecule has 4 heteroatoms. The Kier molecular flexibility index (Phi) is 4.53. The number of alkyl halides is 1. The molecule has 0 unspecified atom stereocenters. The number of carbonyl (C=O) groups is 2.